The van der Waals surface area contributed by atoms with E-state index in [0.717, 1.165) is 0 Å². The van der Waals surface area contributed by atoms with E-state index < -0.39 is 0 Å². The lowest BCUT2D eigenvalue weighted by Gasteiger charge is -2.26. The van der Waals surface area contributed by atoms with Crippen molar-refractivity contribution < 1.29 is 14.6 Å². The highest BCUT2D eigenvalue weighted by atomic mass is 16.5. The quantitative estimate of drug-likeness (QED) is 0.863. The first-order valence-corrected chi connectivity index (χ1v) is 6.46. The predicted octanol–water partition coefficient (Wildman–Crippen LogP) is 1.25. The zero-order valence-electron chi connectivity index (χ0n) is 10.9. The SMILES string of the molecule is O=C(c1cc(-c2ccccc2O)n[nH]1)N1CCOCC1. The molecule has 0 aliphatic carbocycles. The molecule has 6 heteroatoms. The maximum Gasteiger partial charge on any atom is 0.272 e. The second-order valence-electron chi connectivity index (χ2n) is 4.59. The Kier molecular flexibility index (Phi) is 3.39. The number of nitrogens with one attached hydrogen (secondary N) is 1. The number of phenolic OH excluding ortho intramolecular Hbond substituents is 1. The van der Waals surface area contributed by atoms with Gasteiger partial charge >= 0.3 is 0 Å². The van der Waals surface area contributed by atoms with E-state index in [2.05, 4.69) is 10.2 Å². The number of H-pyrrole nitrogens is 1. The van der Waals surface area contributed by atoms with Crippen LogP contribution in [-0.4, -0.2) is 52.4 Å². The van der Waals surface area contributed by atoms with Gasteiger partial charge in [0.05, 0.1) is 18.9 Å². The molecule has 2 aromatic rings. The number of aromatic hydroxyl groups is 1. The van der Waals surface area contributed by atoms with Crippen LogP contribution in [0, 0.1) is 0 Å². The number of hydrogen-bond donors (Lipinski definition) is 2. The highest BCUT2D eigenvalue weighted by Crippen LogP contribution is 2.27. The van der Waals surface area contributed by atoms with Crippen molar-refractivity contribution in [1.82, 2.24) is 15.1 Å². The summed E-state index contributed by atoms with van der Waals surface area (Å²) in [5, 5.41) is 16.6. The molecular formula is C14H15N3O3. The molecule has 0 unspecified atom stereocenters. The van der Waals surface area contributed by atoms with E-state index in [9.17, 15) is 9.90 Å². The number of para-hydroxylation sites is 1. The summed E-state index contributed by atoms with van der Waals surface area (Å²) >= 11 is 0. The Hall–Kier alpha value is -2.34. The van der Waals surface area contributed by atoms with Crippen molar-refractivity contribution in [2.24, 2.45) is 0 Å². The van der Waals surface area contributed by atoms with Gasteiger partial charge in [0.25, 0.3) is 5.91 Å². The monoisotopic (exact) mass is 273 g/mol. The van der Waals surface area contributed by atoms with Crippen LogP contribution in [0.4, 0.5) is 0 Å². The Morgan fingerprint density at radius 3 is 2.80 bits per heavy atom. The summed E-state index contributed by atoms with van der Waals surface area (Å²) in [6.07, 6.45) is 0. The van der Waals surface area contributed by atoms with Crippen molar-refractivity contribution in [2.45, 2.75) is 0 Å². The van der Waals surface area contributed by atoms with Gasteiger partial charge in [-0.05, 0) is 18.2 Å². The van der Waals surface area contributed by atoms with Crippen LogP contribution in [-0.2, 0) is 4.74 Å². The number of carbonyl (C=O) groups excluding carboxylic acids is 1. The Morgan fingerprint density at radius 1 is 1.30 bits per heavy atom. The van der Waals surface area contributed by atoms with Crippen LogP contribution in [0.1, 0.15) is 10.5 Å². The fraction of sp³-hybridized carbons (Fsp3) is 0.286. The largest absolute Gasteiger partial charge is 0.507 e. The summed E-state index contributed by atoms with van der Waals surface area (Å²) in [6, 6.07) is 8.56. The van der Waals surface area contributed by atoms with E-state index in [1.807, 2.05) is 6.07 Å². The Morgan fingerprint density at radius 2 is 2.05 bits per heavy atom. The van der Waals surface area contributed by atoms with Gasteiger partial charge in [-0.1, -0.05) is 12.1 Å². The van der Waals surface area contributed by atoms with Crippen LogP contribution in [0.25, 0.3) is 11.3 Å². The minimum Gasteiger partial charge on any atom is -0.507 e. The van der Waals surface area contributed by atoms with E-state index in [1.54, 1.807) is 29.2 Å². The normalized spacial score (nSPS) is 15.3. The zero-order chi connectivity index (χ0) is 13.9. The fourth-order valence-electron chi connectivity index (χ4n) is 2.20. The molecule has 1 aromatic heterocycles. The first kappa shape index (κ1) is 12.7. The van der Waals surface area contributed by atoms with Gasteiger partial charge in [0.15, 0.2) is 0 Å². The molecule has 0 bridgehead atoms. The molecule has 1 aromatic carbocycles. The predicted molar refractivity (Wildman–Crippen MR) is 72.4 cm³/mol. The van der Waals surface area contributed by atoms with Gasteiger partial charge < -0.3 is 14.7 Å². The maximum absolute atomic E-state index is 12.3. The van der Waals surface area contributed by atoms with Gasteiger partial charge in [-0.3, -0.25) is 9.89 Å². The highest BCUT2D eigenvalue weighted by Gasteiger charge is 2.21. The summed E-state index contributed by atoms with van der Waals surface area (Å²) in [5.41, 5.74) is 1.58. The van der Waals surface area contributed by atoms with Crippen molar-refractivity contribution in [3.63, 3.8) is 0 Å². The maximum atomic E-state index is 12.3. The molecule has 0 saturated carbocycles. The molecule has 20 heavy (non-hydrogen) atoms. The number of nitrogens with zero attached hydrogens (tertiary/aromatic N) is 2. The first-order chi connectivity index (χ1) is 9.75. The topological polar surface area (TPSA) is 78.4 Å². The van der Waals surface area contributed by atoms with Gasteiger partial charge in [-0.2, -0.15) is 5.10 Å². The van der Waals surface area contributed by atoms with E-state index in [-0.39, 0.29) is 11.7 Å². The van der Waals surface area contributed by atoms with E-state index in [0.29, 0.717) is 43.3 Å². The van der Waals surface area contributed by atoms with Crippen molar-refractivity contribution in [3.8, 4) is 17.0 Å². The minimum atomic E-state index is -0.0949. The number of rotatable bonds is 2. The molecule has 6 nitrogen and oxygen atoms in total. The fourth-order valence-corrected chi connectivity index (χ4v) is 2.20. The third-order valence-corrected chi connectivity index (χ3v) is 3.29. The highest BCUT2D eigenvalue weighted by molar-refractivity contribution is 5.93. The molecule has 104 valence electrons. The number of carbonyl (C=O) groups is 1. The summed E-state index contributed by atoms with van der Waals surface area (Å²) < 4.78 is 5.22. The Balaban J connectivity index is 1.83. The molecule has 2 heterocycles. The van der Waals surface area contributed by atoms with Crippen molar-refractivity contribution >= 4 is 5.91 Å². The molecule has 3 rings (SSSR count). The minimum absolute atomic E-state index is 0.0949. The van der Waals surface area contributed by atoms with Gasteiger partial charge in [0, 0.05) is 18.7 Å². The summed E-state index contributed by atoms with van der Waals surface area (Å²) in [5.74, 6) is 0.0480. The zero-order valence-corrected chi connectivity index (χ0v) is 10.9. The van der Waals surface area contributed by atoms with E-state index in [1.165, 1.54) is 0 Å². The number of ether oxygens (including phenoxy) is 1. The molecule has 1 saturated heterocycles. The number of amides is 1. The number of aromatic amines is 1. The molecule has 0 radical (unpaired) electrons. The van der Waals surface area contributed by atoms with Crippen molar-refractivity contribution in [3.05, 3.63) is 36.0 Å². The first-order valence-electron chi connectivity index (χ1n) is 6.46. The lowest BCUT2D eigenvalue weighted by atomic mass is 10.1. The van der Waals surface area contributed by atoms with Crippen LogP contribution in [0.5, 0.6) is 5.75 Å². The smallest absolute Gasteiger partial charge is 0.272 e. The Bertz CT molecular complexity index is 618. The molecule has 0 spiro atoms. The van der Waals surface area contributed by atoms with Gasteiger partial charge in [0.2, 0.25) is 0 Å². The molecule has 1 amide bonds. The second-order valence-corrected chi connectivity index (χ2v) is 4.59. The summed E-state index contributed by atoms with van der Waals surface area (Å²) in [7, 11) is 0. The average molecular weight is 273 g/mol. The standard InChI is InChI=1S/C14H15N3O3/c18-13-4-2-1-3-10(13)11-9-12(16-15-11)14(19)17-5-7-20-8-6-17/h1-4,9,18H,5-8H2,(H,15,16). The average Bonchev–Trinajstić information content (AvgIpc) is 2.97. The molecule has 1 aliphatic heterocycles. The summed E-state index contributed by atoms with van der Waals surface area (Å²) in [6.45, 7) is 2.30. The lowest BCUT2D eigenvalue weighted by molar-refractivity contribution is 0.0299. The van der Waals surface area contributed by atoms with E-state index in [4.69, 9.17) is 4.74 Å². The van der Waals surface area contributed by atoms with Crippen LogP contribution < -0.4 is 0 Å². The molecule has 1 fully saturated rings. The Labute approximate surface area is 116 Å². The van der Waals surface area contributed by atoms with Crippen molar-refractivity contribution in [2.75, 3.05) is 26.3 Å². The van der Waals surface area contributed by atoms with Gasteiger partial charge in [0.1, 0.15) is 11.4 Å². The van der Waals surface area contributed by atoms with Crippen LogP contribution in [0.2, 0.25) is 0 Å². The van der Waals surface area contributed by atoms with E-state index >= 15 is 0 Å². The van der Waals surface area contributed by atoms with Crippen LogP contribution in [0.3, 0.4) is 0 Å². The van der Waals surface area contributed by atoms with Gasteiger partial charge in [-0.25, -0.2) is 0 Å². The number of aromatic nitrogens is 2. The number of benzene rings is 1. The number of phenols is 1. The van der Waals surface area contributed by atoms with Gasteiger partial charge in [-0.15, -0.1) is 0 Å². The number of morpholine rings is 1. The van der Waals surface area contributed by atoms with Crippen LogP contribution in [0.15, 0.2) is 30.3 Å². The molecule has 0 atom stereocenters. The molecule has 2 N–H and O–H groups in total. The molecular weight excluding hydrogens is 258 g/mol. The third-order valence-electron chi connectivity index (χ3n) is 3.29. The van der Waals surface area contributed by atoms with Crippen LogP contribution >= 0.6 is 0 Å². The third kappa shape index (κ3) is 2.37. The summed E-state index contributed by atoms with van der Waals surface area (Å²) in [4.78, 5) is 14.0. The lowest BCUT2D eigenvalue weighted by Crippen LogP contribution is -2.40. The molecule has 1 aliphatic rings. The number of hydrogen-bond acceptors (Lipinski definition) is 4. The van der Waals surface area contributed by atoms with Crippen molar-refractivity contribution in [1.29, 1.82) is 0 Å². The second kappa shape index (κ2) is 5.34.